The number of hydrogen-bond donors (Lipinski definition) is 0. The summed E-state index contributed by atoms with van der Waals surface area (Å²) in [6.07, 6.45) is 3.76. The molecule has 0 spiro atoms. The van der Waals surface area contributed by atoms with Crippen molar-refractivity contribution in [2.75, 3.05) is 0 Å². The molecule has 82 valence electrons. The van der Waals surface area contributed by atoms with E-state index in [-0.39, 0.29) is 11.2 Å². The zero-order valence-electron chi connectivity index (χ0n) is 9.27. The van der Waals surface area contributed by atoms with Crippen LogP contribution in [0.4, 0.5) is 4.39 Å². The van der Waals surface area contributed by atoms with Crippen LogP contribution in [0.2, 0.25) is 0 Å². The lowest BCUT2D eigenvalue weighted by Gasteiger charge is -2.22. The number of hydrogen-bond acceptors (Lipinski definition) is 1. The molecule has 2 rings (SSSR count). The third-order valence-electron chi connectivity index (χ3n) is 2.70. The van der Waals surface area contributed by atoms with Gasteiger partial charge in [0, 0.05) is 17.2 Å². The first-order chi connectivity index (χ1) is 6.91. The van der Waals surface area contributed by atoms with E-state index in [0.717, 1.165) is 24.1 Å². The topological polar surface area (TPSA) is 12.9 Å². The summed E-state index contributed by atoms with van der Waals surface area (Å²) in [4.78, 5) is 4.38. The maximum atomic E-state index is 14.0. The highest BCUT2D eigenvalue weighted by Gasteiger charge is 2.34. The van der Waals surface area contributed by atoms with Crippen LogP contribution < -0.4 is 0 Å². The zero-order valence-corrected chi connectivity index (χ0v) is 10.9. The molecular formula is C12H15BrFN. The molecule has 0 aromatic carbocycles. The van der Waals surface area contributed by atoms with Gasteiger partial charge in [-0.3, -0.25) is 4.98 Å². The van der Waals surface area contributed by atoms with Crippen molar-refractivity contribution < 1.29 is 4.39 Å². The summed E-state index contributed by atoms with van der Waals surface area (Å²) in [7, 11) is 0. The Morgan fingerprint density at radius 1 is 1.40 bits per heavy atom. The summed E-state index contributed by atoms with van der Waals surface area (Å²) in [6.45, 7) is 6.23. The van der Waals surface area contributed by atoms with E-state index >= 15 is 0 Å². The zero-order chi connectivity index (χ0) is 11.2. The smallest absolute Gasteiger partial charge is 0.144 e. The van der Waals surface area contributed by atoms with Crippen molar-refractivity contribution in [3.8, 4) is 0 Å². The van der Waals surface area contributed by atoms with E-state index in [0.29, 0.717) is 10.4 Å². The van der Waals surface area contributed by atoms with Gasteiger partial charge in [-0.1, -0.05) is 20.8 Å². The van der Waals surface area contributed by atoms with Crippen molar-refractivity contribution in [1.29, 1.82) is 0 Å². The maximum absolute atomic E-state index is 14.0. The van der Waals surface area contributed by atoms with E-state index in [1.807, 2.05) is 0 Å². The van der Waals surface area contributed by atoms with Crippen LogP contribution >= 0.6 is 15.9 Å². The molecule has 0 aliphatic heterocycles. The molecule has 0 unspecified atom stereocenters. The van der Waals surface area contributed by atoms with Crippen LogP contribution in [0.15, 0.2) is 10.7 Å². The molecule has 0 bridgehead atoms. The van der Waals surface area contributed by atoms with Crippen molar-refractivity contribution >= 4 is 15.9 Å². The Balaban J connectivity index is 2.59. The van der Waals surface area contributed by atoms with Crippen LogP contribution in [0.1, 0.15) is 50.8 Å². The summed E-state index contributed by atoms with van der Waals surface area (Å²) in [5.74, 6) is 0.279. The van der Waals surface area contributed by atoms with Gasteiger partial charge >= 0.3 is 0 Å². The average molecular weight is 272 g/mol. The van der Waals surface area contributed by atoms with Gasteiger partial charge in [0.15, 0.2) is 0 Å². The van der Waals surface area contributed by atoms with Crippen molar-refractivity contribution in [3.63, 3.8) is 0 Å². The first-order valence-electron chi connectivity index (χ1n) is 5.25. The number of aromatic nitrogens is 1. The molecule has 0 saturated heterocycles. The van der Waals surface area contributed by atoms with Gasteiger partial charge < -0.3 is 0 Å². The second-order valence-corrected chi connectivity index (χ2v) is 6.06. The highest BCUT2D eigenvalue weighted by atomic mass is 79.9. The van der Waals surface area contributed by atoms with Gasteiger partial charge in [-0.25, -0.2) is 4.39 Å². The third-order valence-corrected chi connectivity index (χ3v) is 3.26. The van der Waals surface area contributed by atoms with Gasteiger partial charge in [-0.05, 0) is 34.7 Å². The molecule has 1 nitrogen and oxygen atoms in total. The minimum atomic E-state index is -0.113. The standard InChI is InChI=1S/C12H15BrFN/c1-12(2,3)11-9(7-4-5-7)10(14)8(13)6-15-11/h6-7H,4-5H2,1-3H3. The van der Waals surface area contributed by atoms with Gasteiger partial charge in [-0.2, -0.15) is 0 Å². The summed E-state index contributed by atoms with van der Waals surface area (Å²) in [6, 6.07) is 0. The molecule has 0 radical (unpaired) electrons. The van der Waals surface area contributed by atoms with Crippen LogP contribution in [0, 0.1) is 5.82 Å². The van der Waals surface area contributed by atoms with Crippen LogP contribution in [-0.2, 0) is 5.41 Å². The molecule has 15 heavy (non-hydrogen) atoms. The van der Waals surface area contributed by atoms with Crippen molar-refractivity contribution in [2.45, 2.75) is 44.9 Å². The lowest BCUT2D eigenvalue weighted by Crippen LogP contribution is -2.17. The predicted molar refractivity (Wildman–Crippen MR) is 62.6 cm³/mol. The number of halogens is 2. The number of rotatable bonds is 1. The van der Waals surface area contributed by atoms with Crippen LogP contribution in [0.25, 0.3) is 0 Å². The minimum Gasteiger partial charge on any atom is -0.259 e. The Labute approximate surface area is 98.2 Å². The maximum Gasteiger partial charge on any atom is 0.144 e. The third kappa shape index (κ3) is 2.07. The molecule has 0 amide bonds. The van der Waals surface area contributed by atoms with Gasteiger partial charge in [0.05, 0.1) is 10.2 Å². The van der Waals surface area contributed by atoms with E-state index in [4.69, 9.17) is 0 Å². The summed E-state index contributed by atoms with van der Waals surface area (Å²) < 4.78 is 14.5. The lowest BCUT2D eigenvalue weighted by molar-refractivity contribution is 0.532. The largest absolute Gasteiger partial charge is 0.259 e. The van der Waals surface area contributed by atoms with Crippen LogP contribution in [-0.4, -0.2) is 4.98 Å². The van der Waals surface area contributed by atoms with Gasteiger partial charge in [0.25, 0.3) is 0 Å². The Kier molecular flexibility index (Phi) is 2.61. The van der Waals surface area contributed by atoms with E-state index in [1.54, 1.807) is 6.20 Å². The molecule has 1 aliphatic carbocycles. The monoisotopic (exact) mass is 271 g/mol. The molecule has 1 heterocycles. The first-order valence-corrected chi connectivity index (χ1v) is 6.05. The fourth-order valence-corrected chi connectivity index (χ4v) is 2.14. The lowest BCUT2D eigenvalue weighted by atomic mass is 9.87. The van der Waals surface area contributed by atoms with Crippen molar-refractivity contribution in [1.82, 2.24) is 4.98 Å². The second-order valence-electron chi connectivity index (χ2n) is 5.21. The fourth-order valence-electron chi connectivity index (χ4n) is 1.82. The molecule has 1 aliphatic rings. The van der Waals surface area contributed by atoms with E-state index in [2.05, 4.69) is 41.7 Å². The molecule has 3 heteroatoms. The van der Waals surface area contributed by atoms with Crippen molar-refractivity contribution in [3.05, 3.63) is 27.7 Å². The number of pyridine rings is 1. The summed E-state index contributed by atoms with van der Waals surface area (Å²) in [5, 5.41) is 0. The molecule has 1 aromatic heterocycles. The van der Waals surface area contributed by atoms with E-state index in [1.165, 1.54) is 0 Å². The van der Waals surface area contributed by atoms with Crippen molar-refractivity contribution in [2.24, 2.45) is 0 Å². The van der Waals surface area contributed by atoms with Crippen LogP contribution in [0.5, 0.6) is 0 Å². The molecular weight excluding hydrogens is 257 g/mol. The molecule has 1 fully saturated rings. The number of nitrogens with zero attached hydrogens (tertiary/aromatic N) is 1. The van der Waals surface area contributed by atoms with Gasteiger partial charge in [0.2, 0.25) is 0 Å². The Bertz CT molecular complexity index is 391. The van der Waals surface area contributed by atoms with Crippen LogP contribution in [0.3, 0.4) is 0 Å². The minimum absolute atomic E-state index is 0.0839. The Morgan fingerprint density at radius 3 is 2.47 bits per heavy atom. The first kappa shape index (κ1) is 11.1. The molecule has 1 aromatic rings. The fraction of sp³-hybridized carbons (Fsp3) is 0.583. The normalized spacial score (nSPS) is 16.9. The van der Waals surface area contributed by atoms with Gasteiger partial charge in [-0.15, -0.1) is 0 Å². The Morgan fingerprint density at radius 2 is 2.00 bits per heavy atom. The molecule has 1 saturated carbocycles. The molecule has 0 N–H and O–H groups in total. The molecule has 0 atom stereocenters. The quantitative estimate of drug-likeness (QED) is 0.748. The second kappa shape index (κ2) is 3.55. The average Bonchev–Trinajstić information content (AvgIpc) is 2.90. The van der Waals surface area contributed by atoms with E-state index in [9.17, 15) is 4.39 Å². The Hall–Kier alpha value is -0.440. The summed E-state index contributed by atoms with van der Waals surface area (Å²) >= 11 is 3.21. The predicted octanol–water partition coefficient (Wildman–Crippen LogP) is 4.16. The highest BCUT2D eigenvalue weighted by molar-refractivity contribution is 9.10. The van der Waals surface area contributed by atoms with E-state index < -0.39 is 0 Å². The summed E-state index contributed by atoms with van der Waals surface area (Å²) in [5.41, 5.74) is 1.65. The highest BCUT2D eigenvalue weighted by Crippen LogP contribution is 2.46. The SMILES string of the molecule is CC(C)(C)c1ncc(Br)c(F)c1C1CC1. The van der Waals surface area contributed by atoms with Gasteiger partial charge in [0.1, 0.15) is 5.82 Å².